The summed E-state index contributed by atoms with van der Waals surface area (Å²) < 4.78 is 13.6. The van der Waals surface area contributed by atoms with Gasteiger partial charge in [-0.05, 0) is 29.8 Å². The number of rotatable bonds is 7. The molecule has 166 valence electrons. The van der Waals surface area contributed by atoms with Gasteiger partial charge in [0.25, 0.3) is 0 Å². The molecule has 2 heterocycles. The molecule has 0 bridgehead atoms. The molecule has 1 saturated heterocycles. The van der Waals surface area contributed by atoms with Gasteiger partial charge in [-0.15, -0.1) is 10.2 Å². The number of thioether (sulfide) groups is 1. The van der Waals surface area contributed by atoms with Crippen LogP contribution in [0.25, 0.3) is 0 Å². The molecule has 0 unspecified atom stereocenters. The monoisotopic (exact) mass is 471 g/mol. The summed E-state index contributed by atoms with van der Waals surface area (Å²) in [6.45, 7) is 3.00. The highest BCUT2D eigenvalue weighted by atomic mass is 32.2. The van der Waals surface area contributed by atoms with Crippen molar-refractivity contribution >= 4 is 45.7 Å². The molecule has 0 radical (unpaired) electrons. The van der Waals surface area contributed by atoms with Gasteiger partial charge in [0.05, 0.1) is 12.2 Å². The zero-order chi connectivity index (χ0) is 22.3. The molecule has 7 nitrogen and oxygen atoms in total. The highest BCUT2D eigenvalue weighted by Gasteiger charge is 2.21. The van der Waals surface area contributed by atoms with Crippen LogP contribution in [0.15, 0.2) is 58.9 Å². The topological polar surface area (TPSA) is 78.4 Å². The van der Waals surface area contributed by atoms with E-state index in [0.717, 1.165) is 13.1 Å². The number of carbonyl (C=O) groups is 2. The third-order valence-corrected chi connectivity index (χ3v) is 6.96. The van der Waals surface area contributed by atoms with Crippen LogP contribution >= 0.6 is 23.1 Å². The number of benzene rings is 2. The number of para-hydroxylation sites is 1. The fourth-order valence-electron chi connectivity index (χ4n) is 3.34. The fraction of sp³-hybridized carbons (Fsp3) is 0.273. The summed E-state index contributed by atoms with van der Waals surface area (Å²) in [5, 5.41) is 11.1. The highest BCUT2D eigenvalue weighted by molar-refractivity contribution is 8.01. The molecule has 1 fully saturated rings. The number of nitrogens with one attached hydrogen (secondary N) is 1. The van der Waals surface area contributed by atoms with Gasteiger partial charge in [0.15, 0.2) is 4.34 Å². The predicted molar refractivity (Wildman–Crippen MR) is 125 cm³/mol. The maximum atomic E-state index is 13.0. The Morgan fingerprint density at radius 1 is 1.00 bits per heavy atom. The Hall–Kier alpha value is -2.98. The molecule has 1 aliphatic heterocycles. The van der Waals surface area contributed by atoms with Gasteiger partial charge in [-0.3, -0.25) is 9.59 Å². The van der Waals surface area contributed by atoms with E-state index in [4.69, 9.17) is 0 Å². The summed E-state index contributed by atoms with van der Waals surface area (Å²) >= 11 is 2.55. The molecule has 10 heteroatoms. The van der Waals surface area contributed by atoms with Gasteiger partial charge in [0.2, 0.25) is 16.9 Å². The first-order chi connectivity index (χ1) is 15.6. The molecule has 0 aliphatic carbocycles. The van der Waals surface area contributed by atoms with E-state index in [1.165, 1.54) is 40.9 Å². The molecule has 0 spiro atoms. The van der Waals surface area contributed by atoms with E-state index in [-0.39, 0.29) is 29.8 Å². The van der Waals surface area contributed by atoms with E-state index >= 15 is 0 Å². The van der Waals surface area contributed by atoms with Crippen molar-refractivity contribution < 1.29 is 14.0 Å². The van der Waals surface area contributed by atoms with E-state index in [1.54, 1.807) is 12.1 Å². The normalized spacial score (nSPS) is 13.8. The molecule has 4 rings (SSSR count). The third-order valence-electron chi connectivity index (χ3n) is 5.00. The minimum Gasteiger partial charge on any atom is -0.368 e. The Kier molecular flexibility index (Phi) is 7.33. The lowest BCUT2D eigenvalue weighted by molar-refractivity contribution is -0.128. The number of hydrogen-bond acceptors (Lipinski definition) is 7. The average Bonchev–Trinajstić information content (AvgIpc) is 3.27. The SMILES string of the molecule is O=C(Cc1ccc(F)cc1)Nc1nnc(SCC(=O)N2CCN(c3ccccc3)CC2)s1. The number of halogens is 1. The van der Waals surface area contributed by atoms with Crippen LogP contribution in [-0.2, 0) is 16.0 Å². The maximum absolute atomic E-state index is 13.0. The van der Waals surface area contributed by atoms with Crippen molar-refractivity contribution in [1.82, 2.24) is 15.1 Å². The van der Waals surface area contributed by atoms with E-state index in [9.17, 15) is 14.0 Å². The summed E-state index contributed by atoms with van der Waals surface area (Å²) in [5.74, 6) is -0.243. The molecule has 1 N–H and O–H groups in total. The maximum Gasteiger partial charge on any atom is 0.233 e. The molecular formula is C22H22FN5O2S2. The van der Waals surface area contributed by atoms with Crippen molar-refractivity contribution in [2.24, 2.45) is 0 Å². The van der Waals surface area contributed by atoms with Crippen molar-refractivity contribution in [1.29, 1.82) is 0 Å². The largest absolute Gasteiger partial charge is 0.368 e. The van der Waals surface area contributed by atoms with Gasteiger partial charge in [-0.25, -0.2) is 4.39 Å². The van der Waals surface area contributed by atoms with Crippen LogP contribution in [0.4, 0.5) is 15.2 Å². The predicted octanol–water partition coefficient (Wildman–Crippen LogP) is 3.30. The quantitative estimate of drug-likeness (QED) is 0.421. The average molecular weight is 472 g/mol. The van der Waals surface area contributed by atoms with Crippen LogP contribution in [0.5, 0.6) is 0 Å². The second kappa shape index (κ2) is 10.6. The lowest BCUT2D eigenvalue weighted by Gasteiger charge is -2.36. The second-order valence-corrected chi connectivity index (χ2v) is 9.42. The van der Waals surface area contributed by atoms with E-state index in [2.05, 4.69) is 32.5 Å². The van der Waals surface area contributed by atoms with Crippen molar-refractivity contribution in [2.75, 3.05) is 42.1 Å². The van der Waals surface area contributed by atoms with E-state index < -0.39 is 0 Å². The first-order valence-electron chi connectivity index (χ1n) is 10.2. The van der Waals surface area contributed by atoms with Crippen molar-refractivity contribution in [3.05, 3.63) is 66.0 Å². The lowest BCUT2D eigenvalue weighted by atomic mass is 10.1. The van der Waals surface area contributed by atoms with Gasteiger partial charge in [-0.1, -0.05) is 53.4 Å². The number of nitrogens with zero attached hydrogens (tertiary/aromatic N) is 4. The number of amides is 2. The Morgan fingerprint density at radius 2 is 1.72 bits per heavy atom. The summed E-state index contributed by atoms with van der Waals surface area (Å²) in [6.07, 6.45) is 0.121. The Labute approximate surface area is 193 Å². The molecule has 32 heavy (non-hydrogen) atoms. The van der Waals surface area contributed by atoms with Crippen LogP contribution in [0, 0.1) is 5.82 Å². The fourth-order valence-corrected chi connectivity index (χ4v) is 5.01. The molecule has 2 aromatic carbocycles. The van der Waals surface area contributed by atoms with Gasteiger partial charge >= 0.3 is 0 Å². The molecule has 1 aromatic heterocycles. The van der Waals surface area contributed by atoms with Crippen molar-refractivity contribution in [3.8, 4) is 0 Å². The van der Waals surface area contributed by atoms with E-state index in [0.29, 0.717) is 28.1 Å². The first-order valence-corrected chi connectivity index (χ1v) is 12.0. The number of carbonyl (C=O) groups excluding carboxylic acids is 2. The number of hydrogen-bond donors (Lipinski definition) is 1. The second-order valence-electron chi connectivity index (χ2n) is 7.22. The smallest absolute Gasteiger partial charge is 0.233 e. The lowest BCUT2D eigenvalue weighted by Crippen LogP contribution is -2.49. The third kappa shape index (κ3) is 6.04. The zero-order valence-electron chi connectivity index (χ0n) is 17.2. The Balaban J connectivity index is 1.20. The molecular weight excluding hydrogens is 449 g/mol. The van der Waals surface area contributed by atoms with Crippen molar-refractivity contribution in [2.45, 2.75) is 10.8 Å². The van der Waals surface area contributed by atoms with Crippen LogP contribution in [-0.4, -0.2) is 58.8 Å². The molecule has 2 amide bonds. The number of aromatic nitrogens is 2. The number of anilines is 2. The Bertz CT molecular complexity index is 1050. The summed E-state index contributed by atoms with van der Waals surface area (Å²) in [4.78, 5) is 28.9. The minimum absolute atomic E-state index is 0.0693. The Morgan fingerprint density at radius 3 is 2.44 bits per heavy atom. The number of piperazine rings is 1. The van der Waals surface area contributed by atoms with Crippen LogP contribution in [0.3, 0.4) is 0 Å². The molecule has 0 saturated carbocycles. The summed E-state index contributed by atoms with van der Waals surface area (Å²) in [5.41, 5.74) is 1.89. The summed E-state index contributed by atoms with van der Waals surface area (Å²) in [7, 11) is 0. The van der Waals surface area contributed by atoms with Crippen LogP contribution in [0.2, 0.25) is 0 Å². The molecule has 3 aromatic rings. The van der Waals surface area contributed by atoms with Crippen LogP contribution < -0.4 is 10.2 Å². The molecule has 1 aliphatic rings. The molecule has 0 atom stereocenters. The highest BCUT2D eigenvalue weighted by Crippen LogP contribution is 2.26. The standard InChI is InChI=1S/C22H22FN5O2S2/c23-17-8-6-16(7-9-17)14-19(29)24-21-25-26-22(32-21)31-15-20(30)28-12-10-27(11-13-28)18-4-2-1-3-5-18/h1-9H,10-15H2,(H,24,25,29). The summed E-state index contributed by atoms with van der Waals surface area (Å²) in [6, 6.07) is 16.0. The van der Waals surface area contributed by atoms with Crippen LogP contribution in [0.1, 0.15) is 5.56 Å². The van der Waals surface area contributed by atoms with E-state index in [1.807, 2.05) is 23.1 Å². The minimum atomic E-state index is -0.340. The van der Waals surface area contributed by atoms with Gasteiger partial charge in [0, 0.05) is 31.9 Å². The van der Waals surface area contributed by atoms with Gasteiger partial charge in [0.1, 0.15) is 5.82 Å². The van der Waals surface area contributed by atoms with Crippen molar-refractivity contribution in [3.63, 3.8) is 0 Å². The van der Waals surface area contributed by atoms with Gasteiger partial charge in [-0.2, -0.15) is 0 Å². The first kappa shape index (κ1) is 22.2. The van der Waals surface area contributed by atoms with Gasteiger partial charge < -0.3 is 15.1 Å². The zero-order valence-corrected chi connectivity index (χ0v) is 18.9.